The van der Waals surface area contributed by atoms with Crippen molar-refractivity contribution in [3.63, 3.8) is 0 Å². The summed E-state index contributed by atoms with van der Waals surface area (Å²) in [5.41, 5.74) is 0. The van der Waals surface area contributed by atoms with E-state index < -0.39 is 27.7 Å². The molecule has 2 atom stereocenters. The molecule has 1 aromatic carbocycles. The Morgan fingerprint density at radius 1 is 1.28 bits per heavy atom. The van der Waals surface area contributed by atoms with Crippen LogP contribution in [0.5, 0.6) is 0 Å². The number of likely N-dealkylation sites (tertiary alicyclic amines) is 1. The predicted octanol–water partition coefficient (Wildman–Crippen LogP) is 1.21. The quantitative estimate of drug-likeness (QED) is 0.781. The minimum Gasteiger partial charge on any atom is -0.481 e. The number of carbonyl (C=O) groups excluding carboxylic acids is 1. The van der Waals surface area contributed by atoms with Crippen LogP contribution in [0.1, 0.15) is 26.2 Å². The highest BCUT2D eigenvalue weighted by molar-refractivity contribution is 7.89. The number of rotatable bonds is 6. The first-order valence-electron chi connectivity index (χ1n) is 7.98. The van der Waals surface area contributed by atoms with Crippen LogP contribution >= 0.6 is 0 Å². The summed E-state index contributed by atoms with van der Waals surface area (Å²) in [5, 5.41) is 9.10. The second-order valence-corrected chi connectivity index (χ2v) is 7.88. The van der Waals surface area contributed by atoms with Crippen LogP contribution < -0.4 is 4.72 Å². The highest BCUT2D eigenvalue weighted by Gasteiger charge is 2.32. The molecule has 0 aliphatic carbocycles. The summed E-state index contributed by atoms with van der Waals surface area (Å²) in [6.45, 7) is 1.87. The topological polar surface area (TPSA) is 104 Å². The molecule has 7 nitrogen and oxygen atoms in total. The van der Waals surface area contributed by atoms with Gasteiger partial charge in [0, 0.05) is 25.6 Å². The number of nitrogens with one attached hydrogen (secondary N) is 1. The predicted molar refractivity (Wildman–Crippen MR) is 87.7 cm³/mol. The largest absolute Gasteiger partial charge is 0.481 e. The van der Waals surface area contributed by atoms with Crippen molar-refractivity contribution in [2.24, 2.45) is 5.92 Å². The molecule has 1 aliphatic rings. The maximum atomic E-state index is 12.9. The van der Waals surface area contributed by atoms with Crippen molar-refractivity contribution in [1.82, 2.24) is 9.62 Å². The molecule has 1 saturated heterocycles. The van der Waals surface area contributed by atoms with Gasteiger partial charge in [-0.3, -0.25) is 9.59 Å². The molecule has 138 valence electrons. The summed E-state index contributed by atoms with van der Waals surface area (Å²) in [6.07, 6.45) is 1.05. The Morgan fingerprint density at radius 3 is 2.52 bits per heavy atom. The van der Waals surface area contributed by atoms with E-state index in [2.05, 4.69) is 4.72 Å². The lowest BCUT2D eigenvalue weighted by atomic mass is 9.93. The van der Waals surface area contributed by atoms with Gasteiger partial charge in [0.15, 0.2) is 0 Å². The van der Waals surface area contributed by atoms with E-state index >= 15 is 0 Å². The van der Waals surface area contributed by atoms with Gasteiger partial charge in [-0.15, -0.1) is 0 Å². The van der Waals surface area contributed by atoms with E-state index in [9.17, 15) is 22.4 Å². The summed E-state index contributed by atoms with van der Waals surface area (Å²) < 4.78 is 39.3. The Kier molecular flexibility index (Phi) is 6.12. The summed E-state index contributed by atoms with van der Waals surface area (Å²) >= 11 is 0. The maximum Gasteiger partial charge on any atom is 0.308 e. The number of nitrogens with zero attached hydrogens (tertiary/aromatic N) is 1. The number of hydrogen-bond donors (Lipinski definition) is 2. The number of halogens is 1. The van der Waals surface area contributed by atoms with Crippen LogP contribution in [0.15, 0.2) is 29.2 Å². The molecular weight excluding hydrogens is 351 g/mol. The summed E-state index contributed by atoms with van der Waals surface area (Å²) in [6, 6.07) is 4.30. The molecule has 1 fully saturated rings. The van der Waals surface area contributed by atoms with Gasteiger partial charge in [-0.25, -0.2) is 17.5 Å². The van der Waals surface area contributed by atoms with Gasteiger partial charge in [0.2, 0.25) is 15.9 Å². The van der Waals surface area contributed by atoms with Crippen LogP contribution in [0.25, 0.3) is 0 Å². The third kappa shape index (κ3) is 4.99. The Bertz CT molecular complexity index is 735. The van der Waals surface area contributed by atoms with Crippen LogP contribution in [0, 0.1) is 11.7 Å². The molecule has 0 saturated carbocycles. The number of aliphatic carboxylic acids is 1. The number of carboxylic acids is 1. The molecule has 2 N–H and O–H groups in total. The van der Waals surface area contributed by atoms with Crippen LogP contribution in [0.2, 0.25) is 0 Å². The average molecular weight is 372 g/mol. The van der Waals surface area contributed by atoms with Crippen molar-refractivity contribution in [3.05, 3.63) is 30.1 Å². The molecule has 25 heavy (non-hydrogen) atoms. The van der Waals surface area contributed by atoms with Gasteiger partial charge in [0.05, 0.1) is 10.8 Å². The first-order valence-corrected chi connectivity index (χ1v) is 9.46. The molecule has 0 radical (unpaired) electrons. The van der Waals surface area contributed by atoms with Crippen molar-refractivity contribution in [2.75, 3.05) is 13.1 Å². The van der Waals surface area contributed by atoms with Crippen molar-refractivity contribution in [3.8, 4) is 0 Å². The number of carboxylic acid groups (broad SMARTS) is 1. The average Bonchev–Trinajstić information content (AvgIpc) is 2.55. The van der Waals surface area contributed by atoms with E-state index in [4.69, 9.17) is 5.11 Å². The van der Waals surface area contributed by atoms with Gasteiger partial charge in [-0.05, 0) is 44.0 Å². The molecule has 0 bridgehead atoms. The van der Waals surface area contributed by atoms with Crippen molar-refractivity contribution in [1.29, 1.82) is 0 Å². The van der Waals surface area contributed by atoms with E-state index in [0.717, 1.165) is 24.3 Å². The zero-order valence-electron chi connectivity index (χ0n) is 13.8. The summed E-state index contributed by atoms with van der Waals surface area (Å²) in [4.78, 5) is 24.8. The monoisotopic (exact) mass is 372 g/mol. The maximum absolute atomic E-state index is 12.9. The number of sulfonamides is 1. The summed E-state index contributed by atoms with van der Waals surface area (Å²) in [7, 11) is -3.82. The lowest BCUT2D eigenvalue weighted by Gasteiger charge is -2.36. The molecule has 2 unspecified atom stereocenters. The molecule has 0 spiro atoms. The fourth-order valence-electron chi connectivity index (χ4n) is 2.79. The van der Waals surface area contributed by atoms with Crippen LogP contribution in [-0.2, 0) is 19.6 Å². The fraction of sp³-hybridized carbons (Fsp3) is 0.500. The van der Waals surface area contributed by atoms with E-state index in [0.29, 0.717) is 12.8 Å². The second kappa shape index (κ2) is 7.92. The molecule has 1 amide bonds. The van der Waals surface area contributed by atoms with Crippen LogP contribution in [0.4, 0.5) is 4.39 Å². The third-order valence-corrected chi connectivity index (χ3v) is 5.78. The Labute approximate surface area is 145 Å². The zero-order valence-corrected chi connectivity index (χ0v) is 14.6. The van der Waals surface area contributed by atoms with Gasteiger partial charge in [-0.2, -0.15) is 0 Å². The summed E-state index contributed by atoms with van der Waals surface area (Å²) in [5.74, 6) is -2.35. The third-order valence-electron chi connectivity index (χ3n) is 4.31. The molecule has 9 heteroatoms. The molecule has 0 aromatic heterocycles. The lowest BCUT2D eigenvalue weighted by Crippen LogP contribution is -2.48. The second-order valence-electron chi connectivity index (χ2n) is 6.11. The minimum absolute atomic E-state index is 0.0723. The van der Waals surface area contributed by atoms with Gasteiger partial charge in [0.1, 0.15) is 5.82 Å². The standard InChI is InChI=1S/C16H21FN2O5S/c1-11-2-3-12(16(21)22)10-19(11)15(20)8-9-18-25(23,24)14-6-4-13(17)5-7-14/h4-7,11-12,18H,2-3,8-10H2,1H3,(H,21,22). The Morgan fingerprint density at radius 2 is 1.92 bits per heavy atom. The van der Waals surface area contributed by atoms with Crippen molar-refractivity contribution in [2.45, 2.75) is 37.1 Å². The number of amides is 1. The Hall–Kier alpha value is -2.00. The van der Waals surface area contributed by atoms with Gasteiger partial charge >= 0.3 is 5.97 Å². The molecule has 1 heterocycles. The zero-order chi connectivity index (χ0) is 18.6. The van der Waals surface area contributed by atoms with Crippen molar-refractivity contribution >= 4 is 21.9 Å². The van der Waals surface area contributed by atoms with Gasteiger partial charge in [0.25, 0.3) is 0 Å². The lowest BCUT2D eigenvalue weighted by molar-refractivity contribution is -0.147. The van der Waals surface area contributed by atoms with Crippen LogP contribution in [-0.4, -0.2) is 49.4 Å². The number of piperidine rings is 1. The van der Waals surface area contributed by atoms with Gasteiger partial charge < -0.3 is 10.0 Å². The molecular formula is C16H21FN2O5S. The highest BCUT2D eigenvalue weighted by atomic mass is 32.2. The fourth-order valence-corrected chi connectivity index (χ4v) is 3.82. The van der Waals surface area contributed by atoms with Gasteiger partial charge in [-0.1, -0.05) is 0 Å². The number of carbonyl (C=O) groups is 2. The highest BCUT2D eigenvalue weighted by Crippen LogP contribution is 2.22. The number of benzene rings is 1. The minimum atomic E-state index is -3.82. The van der Waals surface area contributed by atoms with E-state index in [1.165, 1.54) is 4.90 Å². The number of hydrogen-bond acceptors (Lipinski definition) is 4. The molecule has 1 aromatic rings. The Balaban J connectivity index is 1.91. The van der Waals surface area contributed by atoms with Crippen LogP contribution in [0.3, 0.4) is 0 Å². The van der Waals surface area contributed by atoms with E-state index in [1.807, 2.05) is 6.92 Å². The molecule has 1 aliphatic heterocycles. The van der Waals surface area contributed by atoms with E-state index in [-0.39, 0.29) is 36.4 Å². The van der Waals surface area contributed by atoms with E-state index in [1.54, 1.807) is 0 Å². The first kappa shape index (κ1) is 19.3. The molecule has 2 rings (SSSR count). The SMILES string of the molecule is CC1CCC(C(=O)O)CN1C(=O)CCNS(=O)(=O)c1ccc(F)cc1. The smallest absolute Gasteiger partial charge is 0.308 e. The first-order chi connectivity index (χ1) is 11.7. The normalized spacial score (nSPS) is 21.1. The van der Waals surface area contributed by atoms with Crippen molar-refractivity contribution < 1.29 is 27.5 Å².